The van der Waals surface area contributed by atoms with Gasteiger partial charge >= 0.3 is 5.97 Å². The molecular formula is C11H20N4O2. The molecule has 96 valence electrons. The highest BCUT2D eigenvalue weighted by atomic mass is 16.4. The monoisotopic (exact) mass is 240 g/mol. The van der Waals surface area contributed by atoms with E-state index in [1.165, 1.54) is 6.33 Å². The van der Waals surface area contributed by atoms with E-state index < -0.39 is 12.0 Å². The molecule has 0 saturated carbocycles. The first-order valence-corrected chi connectivity index (χ1v) is 5.82. The molecule has 6 nitrogen and oxygen atoms in total. The first-order valence-electron chi connectivity index (χ1n) is 5.82. The van der Waals surface area contributed by atoms with Gasteiger partial charge in [0.25, 0.3) is 0 Å². The first kappa shape index (κ1) is 13.6. The third kappa shape index (κ3) is 4.95. The van der Waals surface area contributed by atoms with Crippen LogP contribution in [0.15, 0.2) is 6.33 Å². The van der Waals surface area contributed by atoms with Gasteiger partial charge < -0.3 is 10.4 Å². The van der Waals surface area contributed by atoms with Crippen LogP contribution in [0.2, 0.25) is 0 Å². The molecule has 3 N–H and O–H groups in total. The number of carbonyl (C=O) groups is 1. The minimum Gasteiger partial charge on any atom is -0.480 e. The number of H-pyrrole nitrogens is 1. The van der Waals surface area contributed by atoms with Gasteiger partial charge in [0.1, 0.15) is 18.2 Å². The van der Waals surface area contributed by atoms with Crippen molar-refractivity contribution in [1.29, 1.82) is 0 Å². The minimum absolute atomic E-state index is 0.0443. The number of hydrogen-bond donors (Lipinski definition) is 3. The number of rotatable bonds is 7. The van der Waals surface area contributed by atoms with Gasteiger partial charge in [-0.3, -0.25) is 9.89 Å². The number of carboxylic acids is 1. The first-order chi connectivity index (χ1) is 7.99. The molecule has 1 aromatic rings. The molecule has 17 heavy (non-hydrogen) atoms. The summed E-state index contributed by atoms with van der Waals surface area (Å²) in [6.07, 6.45) is 2.71. The fourth-order valence-electron chi connectivity index (χ4n) is 1.73. The van der Waals surface area contributed by atoms with E-state index in [4.69, 9.17) is 5.11 Å². The van der Waals surface area contributed by atoms with Crippen molar-refractivity contribution in [2.45, 2.75) is 45.7 Å². The Hall–Kier alpha value is -1.43. The highest BCUT2D eigenvalue weighted by molar-refractivity contribution is 5.73. The Morgan fingerprint density at radius 1 is 1.53 bits per heavy atom. The van der Waals surface area contributed by atoms with Crippen LogP contribution in [0.25, 0.3) is 0 Å². The highest BCUT2D eigenvalue weighted by Gasteiger charge is 2.20. The number of hydrogen-bond acceptors (Lipinski definition) is 4. The van der Waals surface area contributed by atoms with E-state index in [0.717, 1.165) is 5.82 Å². The van der Waals surface area contributed by atoms with Crippen LogP contribution < -0.4 is 5.32 Å². The predicted octanol–water partition coefficient (Wildman–Crippen LogP) is 0.825. The van der Waals surface area contributed by atoms with Crippen LogP contribution in [0.5, 0.6) is 0 Å². The summed E-state index contributed by atoms with van der Waals surface area (Å²) >= 11 is 0. The minimum atomic E-state index is -0.803. The quantitative estimate of drug-likeness (QED) is 0.656. The average molecular weight is 240 g/mol. The number of nitrogens with one attached hydrogen (secondary N) is 2. The molecule has 1 unspecified atom stereocenters. The molecule has 0 amide bonds. The molecule has 0 saturated heterocycles. The second-order valence-corrected chi connectivity index (χ2v) is 4.72. The van der Waals surface area contributed by atoms with Gasteiger partial charge in [-0.1, -0.05) is 13.8 Å². The van der Waals surface area contributed by atoms with Crippen molar-refractivity contribution in [3.8, 4) is 0 Å². The largest absolute Gasteiger partial charge is 0.480 e. The molecule has 1 rings (SSSR count). The molecular weight excluding hydrogens is 220 g/mol. The summed E-state index contributed by atoms with van der Waals surface area (Å²) in [6, 6.07) is -0.462. The van der Waals surface area contributed by atoms with E-state index in [1.54, 1.807) is 0 Å². The van der Waals surface area contributed by atoms with E-state index >= 15 is 0 Å². The lowest BCUT2D eigenvalue weighted by atomic mass is 10.0. The van der Waals surface area contributed by atoms with Gasteiger partial charge in [-0.2, -0.15) is 5.10 Å². The Bertz CT molecular complexity index is 337. The summed E-state index contributed by atoms with van der Waals surface area (Å²) in [4.78, 5) is 15.1. The lowest BCUT2D eigenvalue weighted by Crippen LogP contribution is -2.43. The van der Waals surface area contributed by atoms with Gasteiger partial charge in [-0.05, 0) is 19.3 Å². The summed E-state index contributed by atoms with van der Waals surface area (Å²) in [7, 11) is 0. The van der Waals surface area contributed by atoms with Crippen molar-refractivity contribution in [3.05, 3.63) is 12.2 Å². The summed E-state index contributed by atoms with van der Waals surface area (Å²) in [5.41, 5.74) is 0. The zero-order chi connectivity index (χ0) is 12.8. The molecule has 0 aliphatic carbocycles. The Labute approximate surface area is 101 Å². The average Bonchev–Trinajstić information content (AvgIpc) is 2.68. The van der Waals surface area contributed by atoms with E-state index in [1.807, 2.05) is 20.8 Å². The molecule has 0 radical (unpaired) electrons. The number of aromatic nitrogens is 3. The fraction of sp³-hybridized carbons (Fsp3) is 0.727. The predicted molar refractivity (Wildman–Crippen MR) is 63.6 cm³/mol. The molecule has 2 atom stereocenters. The zero-order valence-electron chi connectivity index (χ0n) is 10.5. The molecule has 1 aromatic heterocycles. The number of aromatic amines is 1. The zero-order valence-corrected chi connectivity index (χ0v) is 10.5. The van der Waals surface area contributed by atoms with Crippen molar-refractivity contribution in [1.82, 2.24) is 20.5 Å². The van der Waals surface area contributed by atoms with Crippen molar-refractivity contribution in [3.63, 3.8) is 0 Å². The lowest BCUT2D eigenvalue weighted by molar-refractivity contribution is -0.140. The second-order valence-electron chi connectivity index (χ2n) is 4.72. The standard InChI is InChI=1S/C11H20N4O2/c1-7(2)4-9(11(16)17)14-8(3)5-10-12-6-13-15-10/h6-9,14H,4-5H2,1-3H3,(H,16,17)(H,12,13,15)/t8-,9?/m0/s1. The number of carboxylic acid groups (broad SMARTS) is 1. The van der Waals surface area contributed by atoms with E-state index in [0.29, 0.717) is 18.8 Å². The Morgan fingerprint density at radius 3 is 2.71 bits per heavy atom. The van der Waals surface area contributed by atoms with Gasteiger partial charge in [0.05, 0.1) is 0 Å². The van der Waals surface area contributed by atoms with Gasteiger partial charge in [-0.25, -0.2) is 4.98 Å². The number of aliphatic carboxylic acids is 1. The highest BCUT2D eigenvalue weighted by Crippen LogP contribution is 2.07. The van der Waals surface area contributed by atoms with Crippen molar-refractivity contribution in [2.24, 2.45) is 5.92 Å². The SMILES string of the molecule is CC(C)CC(N[C@@H](C)Cc1ncn[nH]1)C(=O)O. The van der Waals surface area contributed by atoms with Crippen LogP contribution in [0.3, 0.4) is 0 Å². The lowest BCUT2D eigenvalue weighted by Gasteiger charge is -2.20. The van der Waals surface area contributed by atoms with Crippen LogP contribution in [0.1, 0.15) is 33.0 Å². The van der Waals surface area contributed by atoms with Crippen LogP contribution in [-0.2, 0) is 11.2 Å². The fourth-order valence-corrected chi connectivity index (χ4v) is 1.73. The maximum atomic E-state index is 11.1. The van der Waals surface area contributed by atoms with E-state index in [9.17, 15) is 4.79 Å². The normalized spacial score (nSPS) is 14.8. The van der Waals surface area contributed by atoms with Crippen LogP contribution >= 0.6 is 0 Å². The molecule has 0 fully saturated rings. The molecule has 6 heteroatoms. The van der Waals surface area contributed by atoms with E-state index in [-0.39, 0.29) is 6.04 Å². The van der Waals surface area contributed by atoms with Gasteiger partial charge in [-0.15, -0.1) is 0 Å². The third-order valence-corrected chi connectivity index (χ3v) is 2.46. The van der Waals surface area contributed by atoms with Crippen molar-refractivity contribution >= 4 is 5.97 Å². The Kier molecular flexibility index (Phi) is 5.09. The Morgan fingerprint density at radius 2 is 2.24 bits per heavy atom. The van der Waals surface area contributed by atoms with Crippen molar-refractivity contribution in [2.75, 3.05) is 0 Å². The molecule has 0 aliphatic heterocycles. The molecule has 0 aromatic carbocycles. The molecule has 0 bridgehead atoms. The molecule has 0 aliphatic rings. The summed E-state index contributed by atoms with van der Waals surface area (Å²) in [6.45, 7) is 5.97. The van der Waals surface area contributed by atoms with Crippen LogP contribution in [-0.4, -0.2) is 38.3 Å². The van der Waals surface area contributed by atoms with E-state index in [2.05, 4.69) is 20.5 Å². The third-order valence-electron chi connectivity index (χ3n) is 2.46. The van der Waals surface area contributed by atoms with Gasteiger partial charge in [0.2, 0.25) is 0 Å². The van der Waals surface area contributed by atoms with Gasteiger partial charge in [0.15, 0.2) is 0 Å². The maximum absolute atomic E-state index is 11.1. The summed E-state index contributed by atoms with van der Waals surface area (Å²) in [5.74, 6) is 0.308. The molecule has 0 spiro atoms. The summed E-state index contributed by atoms with van der Waals surface area (Å²) in [5, 5.41) is 18.7. The summed E-state index contributed by atoms with van der Waals surface area (Å²) < 4.78 is 0. The van der Waals surface area contributed by atoms with Crippen LogP contribution in [0.4, 0.5) is 0 Å². The topological polar surface area (TPSA) is 90.9 Å². The van der Waals surface area contributed by atoms with Gasteiger partial charge in [0, 0.05) is 12.5 Å². The maximum Gasteiger partial charge on any atom is 0.320 e. The Balaban J connectivity index is 2.46. The second kappa shape index (κ2) is 6.34. The van der Waals surface area contributed by atoms with Crippen LogP contribution in [0, 0.1) is 5.92 Å². The molecule has 1 heterocycles. The van der Waals surface area contributed by atoms with Crippen molar-refractivity contribution < 1.29 is 9.90 Å². The smallest absolute Gasteiger partial charge is 0.320 e. The number of nitrogens with zero attached hydrogens (tertiary/aromatic N) is 2.